The Balaban J connectivity index is 1.38. The first-order valence-corrected chi connectivity index (χ1v) is 10.8. The summed E-state index contributed by atoms with van der Waals surface area (Å²) >= 11 is 1.61. The van der Waals surface area contributed by atoms with Gasteiger partial charge in [0.25, 0.3) is 0 Å². The second-order valence-electron chi connectivity index (χ2n) is 7.68. The summed E-state index contributed by atoms with van der Waals surface area (Å²) in [6, 6.07) is 10.9. The molecule has 4 rings (SSSR count). The zero-order chi connectivity index (χ0) is 19.5. The van der Waals surface area contributed by atoms with E-state index in [2.05, 4.69) is 0 Å². The third-order valence-electron chi connectivity index (χ3n) is 5.98. The Hall–Kier alpha value is -2.21. The minimum Gasteiger partial charge on any atom is -0.342 e. The third-order valence-corrected chi connectivity index (χ3v) is 6.86. The van der Waals surface area contributed by atoms with Crippen molar-refractivity contribution < 1.29 is 14.0 Å². The van der Waals surface area contributed by atoms with Crippen molar-refractivity contribution in [1.82, 2.24) is 9.80 Å². The number of likely N-dealkylation sites (tertiary alicyclic amines) is 2. The second kappa shape index (κ2) is 8.43. The predicted octanol–water partition coefficient (Wildman–Crippen LogP) is 3.51. The van der Waals surface area contributed by atoms with Crippen molar-refractivity contribution in [3.8, 4) is 0 Å². The number of hydrogen-bond acceptors (Lipinski definition) is 3. The predicted molar refractivity (Wildman–Crippen MR) is 108 cm³/mol. The first kappa shape index (κ1) is 19.1. The number of thiophene rings is 1. The summed E-state index contributed by atoms with van der Waals surface area (Å²) in [6.07, 6.45) is 3.16. The Morgan fingerprint density at radius 2 is 2.04 bits per heavy atom. The summed E-state index contributed by atoms with van der Waals surface area (Å²) in [5, 5.41) is 2.00. The number of rotatable bonds is 5. The maximum atomic E-state index is 13.9. The lowest BCUT2D eigenvalue weighted by Gasteiger charge is -2.47. The van der Waals surface area contributed by atoms with Gasteiger partial charge in [-0.25, -0.2) is 4.39 Å². The number of carbonyl (C=O) groups excluding carboxylic acids is 2. The molecule has 1 aromatic carbocycles. The molecule has 0 spiro atoms. The molecule has 2 aliphatic rings. The van der Waals surface area contributed by atoms with E-state index >= 15 is 0 Å². The van der Waals surface area contributed by atoms with E-state index in [9.17, 15) is 14.0 Å². The van der Waals surface area contributed by atoms with E-state index in [0.717, 1.165) is 24.3 Å². The number of amides is 2. The lowest BCUT2D eigenvalue weighted by molar-refractivity contribution is -0.143. The molecule has 0 aliphatic carbocycles. The highest BCUT2D eigenvalue weighted by molar-refractivity contribution is 7.10. The first-order chi connectivity index (χ1) is 13.6. The lowest BCUT2D eigenvalue weighted by Crippen LogP contribution is -2.57. The molecule has 2 aromatic rings. The van der Waals surface area contributed by atoms with Gasteiger partial charge in [0.15, 0.2) is 0 Å². The number of hydrogen-bond donors (Lipinski definition) is 0. The van der Waals surface area contributed by atoms with E-state index in [0.29, 0.717) is 43.8 Å². The van der Waals surface area contributed by atoms with Crippen LogP contribution in [0.5, 0.6) is 0 Å². The molecular weight excluding hydrogens is 375 g/mol. The fraction of sp³-hybridized carbons (Fsp3) is 0.455. The van der Waals surface area contributed by atoms with Crippen LogP contribution in [-0.4, -0.2) is 47.3 Å². The number of nitrogens with zero attached hydrogens (tertiary/aromatic N) is 2. The van der Waals surface area contributed by atoms with Crippen LogP contribution in [0.25, 0.3) is 0 Å². The van der Waals surface area contributed by atoms with Crippen LogP contribution >= 0.6 is 11.3 Å². The minimum atomic E-state index is -0.211. The van der Waals surface area contributed by atoms with Crippen LogP contribution < -0.4 is 0 Å². The van der Waals surface area contributed by atoms with Crippen LogP contribution in [0.4, 0.5) is 4.39 Å². The third kappa shape index (κ3) is 4.12. The zero-order valence-corrected chi connectivity index (χ0v) is 16.7. The first-order valence-electron chi connectivity index (χ1n) is 9.95. The maximum absolute atomic E-state index is 13.9. The average Bonchev–Trinajstić information content (AvgIpc) is 3.21. The molecule has 0 bridgehead atoms. The van der Waals surface area contributed by atoms with Crippen molar-refractivity contribution in [2.75, 3.05) is 19.6 Å². The number of benzene rings is 1. The molecule has 6 heteroatoms. The van der Waals surface area contributed by atoms with E-state index in [1.807, 2.05) is 33.4 Å². The Morgan fingerprint density at radius 3 is 2.82 bits per heavy atom. The summed E-state index contributed by atoms with van der Waals surface area (Å²) in [5.41, 5.74) is 0.654. The lowest BCUT2D eigenvalue weighted by atomic mass is 9.83. The molecule has 2 amide bonds. The summed E-state index contributed by atoms with van der Waals surface area (Å²) in [7, 11) is 0. The van der Waals surface area contributed by atoms with Gasteiger partial charge in [-0.2, -0.15) is 0 Å². The quantitative estimate of drug-likeness (QED) is 0.771. The van der Waals surface area contributed by atoms with Gasteiger partial charge in [0.05, 0.1) is 6.42 Å². The molecular formula is C22H25FN2O2S. The van der Waals surface area contributed by atoms with Gasteiger partial charge in [-0.15, -0.1) is 11.3 Å². The van der Waals surface area contributed by atoms with Gasteiger partial charge in [-0.1, -0.05) is 24.3 Å². The molecule has 148 valence electrons. The molecule has 2 atom stereocenters. The Bertz CT molecular complexity index is 839. The van der Waals surface area contributed by atoms with Gasteiger partial charge in [0.2, 0.25) is 11.8 Å². The number of halogens is 1. The standard InChI is InChI=1S/C22H25FN2O2S/c23-19-6-2-1-4-16(19)9-12-25-20-10-11-24(15-17(20)7-8-21(25)26)22(27)14-18-5-3-13-28-18/h1-6,13,17,20H,7-12,14-15H2/t17-,20+/m1/s1. The van der Waals surface area contributed by atoms with Crippen molar-refractivity contribution in [3.63, 3.8) is 0 Å². The van der Waals surface area contributed by atoms with Crippen molar-refractivity contribution in [1.29, 1.82) is 0 Å². The fourth-order valence-corrected chi connectivity index (χ4v) is 5.18. The van der Waals surface area contributed by atoms with Crippen LogP contribution in [0.2, 0.25) is 0 Å². The largest absolute Gasteiger partial charge is 0.342 e. The summed E-state index contributed by atoms with van der Waals surface area (Å²) in [4.78, 5) is 30.2. The van der Waals surface area contributed by atoms with Crippen LogP contribution in [0, 0.1) is 11.7 Å². The average molecular weight is 401 g/mol. The van der Waals surface area contributed by atoms with Crippen molar-refractivity contribution in [2.45, 2.75) is 38.1 Å². The molecule has 2 aliphatic heterocycles. The highest BCUT2D eigenvalue weighted by Crippen LogP contribution is 2.32. The molecule has 28 heavy (non-hydrogen) atoms. The molecule has 3 heterocycles. The molecule has 0 radical (unpaired) electrons. The topological polar surface area (TPSA) is 40.6 Å². The van der Waals surface area contributed by atoms with Gasteiger partial charge in [0.1, 0.15) is 5.82 Å². The highest BCUT2D eigenvalue weighted by Gasteiger charge is 2.40. The van der Waals surface area contributed by atoms with Gasteiger partial charge < -0.3 is 9.80 Å². The molecule has 2 fully saturated rings. The van der Waals surface area contributed by atoms with Gasteiger partial charge in [0, 0.05) is 37.0 Å². The van der Waals surface area contributed by atoms with E-state index < -0.39 is 0 Å². The minimum absolute atomic E-state index is 0.163. The SMILES string of the molecule is O=C(Cc1cccs1)N1CC[C@H]2[C@H](CCC(=O)N2CCc2ccccc2F)C1. The molecule has 1 aromatic heterocycles. The van der Waals surface area contributed by atoms with Gasteiger partial charge in [-0.3, -0.25) is 9.59 Å². The van der Waals surface area contributed by atoms with E-state index in [1.165, 1.54) is 6.07 Å². The number of carbonyl (C=O) groups is 2. The Labute approximate surface area is 169 Å². The summed E-state index contributed by atoms with van der Waals surface area (Å²) in [5.74, 6) is 0.448. The molecule has 0 unspecified atom stereocenters. The van der Waals surface area contributed by atoms with Crippen molar-refractivity contribution in [3.05, 3.63) is 58.0 Å². The molecule has 0 saturated carbocycles. The van der Waals surface area contributed by atoms with E-state index in [1.54, 1.807) is 23.5 Å². The van der Waals surface area contributed by atoms with Gasteiger partial charge in [-0.05, 0) is 48.3 Å². The monoisotopic (exact) mass is 400 g/mol. The zero-order valence-electron chi connectivity index (χ0n) is 15.9. The Kier molecular flexibility index (Phi) is 5.76. The van der Waals surface area contributed by atoms with Crippen LogP contribution in [0.15, 0.2) is 41.8 Å². The number of piperidine rings is 2. The van der Waals surface area contributed by atoms with Crippen molar-refractivity contribution in [2.24, 2.45) is 5.92 Å². The maximum Gasteiger partial charge on any atom is 0.227 e. The summed E-state index contributed by atoms with van der Waals surface area (Å²) < 4.78 is 13.9. The van der Waals surface area contributed by atoms with Crippen LogP contribution in [-0.2, 0) is 22.4 Å². The molecule has 4 nitrogen and oxygen atoms in total. The second-order valence-corrected chi connectivity index (χ2v) is 8.71. The Morgan fingerprint density at radius 1 is 1.18 bits per heavy atom. The fourth-order valence-electron chi connectivity index (χ4n) is 4.48. The van der Waals surface area contributed by atoms with Crippen LogP contribution in [0.3, 0.4) is 0 Å². The van der Waals surface area contributed by atoms with E-state index in [4.69, 9.17) is 0 Å². The molecule has 0 N–H and O–H groups in total. The van der Waals surface area contributed by atoms with E-state index in [-0.39, 0.29) is 23.7 Å². The normalized spacial score (nSPS) is 22.2. The summed E-state index contributed by atoms with van der Waals surface area (Å²) in [6.45, 7) is 1.96. The molecule has 2 saturated heterocycles. The smallest absolute Gasteiger partial charge is 0.227 e. The van der Waals surface area contributed by atoms with Crippen LogP contribution in [0.1, 0.15) is 29.7 Å². The number of fused-ring (bicyclic) bond motifs is 1. The van der Waals surface area contributed by atoms with Gasteiger partial charge >= 0.3 is 0 Å². The van der Waals surface area contributed by atoms with Crippen molar-refractivity contribution >= 4 is 23.2 Å². The highest BCUT2D eigenvalue weighted by atomic mass is 32.1.